The molecule has 0 unspecified atom stereocenters. The molecule has 0 aliphatic heterocycles. The Morgan fingerprint density at radius 3 is 2.70 bits per heavy atom. The summed E-state index contributed by atoms with van der Waals surface area (Å²) in [7, 11) is 1.79. The van der Waals surface area contributed by atoms with Crippen molar-refractivity contribution in [3.05, 3.63) is 48.4 Å². The second kappa shape index (κ2) is 4.65. The summed E-state index contributed by atoms with van der Waals surface area (Å²) in [5.41, 5.74) is 6.95. The lowest BCUT2D eigenvalue weighted by Gasteiger charge is -2.07. The van der Waals surface area contributed by atoms with Gasteiger partial charge in [-0.3, -0.25) is 9.48 Å². The van der Waals surface area contributed by atoms with Crippen molar-refractivity contribution in [2.24, 2.45) is 7.05 Å². The van der Waals surface area contributed by atoms with Gasteiger partial charge in [-0.2, -0.15) is 5.10 Å². The fourth-order valence-corrected chi connectivity index (χ4v) is 2.08. The molecule has 2 heterocycles. The fraction of sp³-hybridized carbons (Fsp3) is 0.0714. The zero-order valence-corrected chi connectivity index (χ0v) is 10.9. The Hall–Kier alpha value is -2.89. The van der Waals surface area contributed by atoms with E-state index < -0.39 is 0 Å². The standard InChI is InChI=1S/C14H13N5O/c1-19-8-9(6-17-19)18-14(20)12-7-16-13(15)11-5-3-2-4-10(11)12/h2-8H,1H3,(H2,15,16)(H,18,20). The van der Waals surface area contributed by atoms with Gasteiger partial charge < -0.3 is 11.1 Å². The lowest BCUT2D eigenvalue weighted by Crippen LogP contribution is -2.13. The number of aryl methyl sites for hydroxylation is 1. The highest BCUT2D eigenvalue weighted by atomic mass is 16.1. The molecule has 3 aromatic rings. The van der Waals surface area contributed by atoms with Crippen LogP contribution in [0.2, 0.25) is 0 Å². The number of nitrogens with two attached hydrogens (primary N) is 1. The highest BCUT2D eigenvalue weighted by Crippen LogP contribution is 2.23. The third-order valence-electron chi connectivity index (χ3n) is 3.03. The quantitative estimate of drug-likeness (QED) is 0.741. The van der Waals surface area contributed by atoms with E-state index in [9.17, 15) is 4.79 Å². The Balaban J connectivity index is 2.01. The molecule has 0 fully saturated rings. The van der Waals surface area contributed by atoms with Gasteiger partial charge in [0.1, 0.15) is 5.82 Å². The second-order valence-corrected chi connectivity index (χ2v) is 4.46. The molecule has 0 aliphatic rings. The molecule has 100 valence electrons. The van der Waals surface area contributed by atoms with Crippen molar-refractivity contribution >= 4 is 28.2 Å². The maximum Gasteiger partial charge on any atom is 0.257 e. The van der Waals surface area contributed by atoms with E-state index in [0.29, 0.717) is 17.1 Å². The van der Waals surface area contributed by atoms with E-state index in [4.69, 9.17) is 5.73 Å². The molecule has 0 aliphatic carbocycles. The minimum Gasteiger partial charge on any atom is -0.383 e. The first-order chi connectivity index (χ1) is 9.65. The number of nitrogens with zero attached hydrogens (tertiary/aromatic N) is 3. The summed E-state index contributed by atoms with van der Waals surface area (Å²) < 4.78 is 1.62. The maximum absolute atomic E-state index is 12.3. The van der Waals surface area contributed by atoms with Crippen LogP contribution >= 0.6 is 0 Å². The maximum atomic E-state index is 12.3. The fourth-order valence-electron chi connectivity index (χ4n) is 2.08. The number of hydrogen-bond donors (Lipinski definition) is 2. The number of anilines is 2. The molecule has 3 rings (SSSR count). The van der Waals surface area contributed by atoms with E-state index in [2.05, 4.69) is 15.4 Å². The molecule has 0 saturated heterocycles. The number of amides is 1. The van der Waals surface area contributed by atoms with Crippen LogP contribution in [0, 0.1) is 0 Å². The molecule has 1 aromatic carbocycles. The van der Waals surface area contributed by atoms with Crippen LogP contribution in [-0.4, -0.2) is 20.7 Å². The first kappa shape index (κ1) is 12.2. The molecule has 0 bridgehead atoms. The van der Waals surface area contributed by atoms with Crippen LogP contribution in [0.3, 0.4) is 0 Å². The first-order valence-corrected chi connectivity index (χ1v) is 6.08. The summed E-state index contributed by atoms with van der Waals surface area (Å²) in [6.07, 6.45) is 4.80. The normalized spacial score (nSPS) is 10.7. The predicted molar refractivity (Wildman–Crippen MR) is 77.3 cm³/mol. The zero-order valence-electron chi connectivity index (χ0n) is 10.9. The minimum atomic E-state index is -0.235. The van der Waals surface area contributed by atoms with Crippen molar-refractivity contribution in [2.75, 3.05) is 11.1 Å². The minimum absolute atomic E-state index is 0.235. The Labute approximate surface area is 115 Å². The van der Waals surface area contributed by atoms with Gasteiger partial charge in [0.15, 0.2) is 0 Å². The van der Waals surface area contributed by atoms with E-state index in [1.807, 2.05) is 24.3 Å². The Bertz CT molecular complexity index is 793. The molecular weight excluding hydrogens is 254 g/mol. The average Bonchev–Trinajstić information content (AvgIpc) is 2.84. The SMILES string of the molecule is Cn1cc(NC(=O)c2cnc(N)c3ccccc23)cn1. The van der Waals surface area contributed by atoms with Crippen LogP contribution in [0.15, 0.2) is 42.9 Å². The third-order valence-corrected chi connectivity index (χ3v) is 3.03. The first-order valence-electron chi connectivity index (χ1n) is 6.08. The van der Waals surface area contributed by atoms with Gasteiger partial charge in [0.2, 0.25) is 0 Å². The molecule has 3 N–H and O–H groups in total. The third kappa shape index (κ3) is 2.07. The molecule has 0 atom stereocenters. The monoisotopic (exact) mass is 267 g/mol. The van der Waals surface area contributed by atoms with Crippen molar-refractivity contribution in [3.8, 4) is 0 Å². The summed E-state index contributed by atoms with van der Waals surface area (Å²) in [5, 5.41) is 8.34. The van der Waals surface area contributed by atoms with Gasteiger partial charge >= 0.3 is 0 Å². The Morgan fingerprint density at radius 2 is 2.00 bits per heavy atom. The van der Waals surface area contributed by atoms with E-state index in [1.54, 1.807) is 24.1 Å². The molecule has 6 heteroatoms. The van der Waals surface area contributed by atoms with Crippen LogP contribution in [0.25, 0.3) is 10.8 Å². The van der Waals surface area contributed by atoms with E-state index in [1.165, 1.54) is 6.20 Å². The molecule has 20 heavy (non-hydrogen) atoms. The highest BCUT2D eigenvalue weighted by molar-refractivity contribution is 6.14. The van der Waals surface area contributed by atoms with Crippen molar-refractivity contribution in [1.29, 1.82) is 0 Å². The Morgan fingerprint density at radius 1 is 1.25 bits per heavy atom. The Kier molecular flexibility index (Phi) is 2.83. The molecule has 0 spiro atoms. The number of aromatic nitrogens is 3. The summed E-state index contributed by atoms with van der Waals surface area (Å²) in [6, 6.07) is 7.43. The van der Waals surface area contributed by atoms with Crippen LogP contribution in [-0.2, 0) is 7.05 Å². The van der Waals surface area contributed by atoms with Gasteiger partial charge in [-0.05, 0) is 5.39 Å². The number of nitrogen functional groups attached to an aromatic ring is 1. The van der Waals surface area contributed by atoms with Gasteiger partial charge in [-0.1, -0.05) is 24.3 Å². The molecular formula is C14H13N5O. The highest BCUT2D eigenvalue weighted by Gasteiger charge is 2.13. The molecule has 0 saturated carbocycles. The number of carbonyl (C=O) groups excluding carboxylic acids is 1. The number of carbonyl (C=O) groups is 1. The van der Waals surface area contributed by atoms with Gasteiger partial charge in [0.25, 0.3) is 5.91 Å². The van der Waals surface area contributed by atoms with Crippen LogP contribution in [0.4, 0.5) is 11.5 Å². The number of nitrogens with one attached hydrogen (secondary N) is 1. The largest absolute Gasteiger partial charge is 0.383 e. The van der Waals surface area contributed by atoms with Crippen molar-refractivity contribution < 1.29 is 4.79 Å². The van der Waals surface area contributed by atoms with Crippen molar-refractivity contribution in [3.63, 3.8) is 0 Å². The van der Waals surface area contributed by atoms with Gasteiger partial charge in [0, 0.05) is 24.8 Å². The number of fused-ring (bicyclic) bond motifs is 1. The summed E-state index contributed by atoms with van der Waals surface area (Å²) in [5.74, 6) is 0.181. The second-order valence-electron chi connectivity index (χ2n) is 4.46. The number of rotatable bonds is 2. The summed E-state index contributed by atoms with van der Waals surface area (Å²) in [4.78, 5) is 16.4. The van der Waals surface area contributed by atoms with E-state index in [-0.39, 0.29) is 5.91 Å². The topological polar surface area (TPSA) is 85.8 Å². The smallest absolute Gasteiger partial charge is 0.257 e. The molecule has 2 aromatic heterocycles. The van der Waals surface area contributed by atoms with Gasteiger partial charge in [-0.25, -0.2) is 4.98 Å². The zero-order chi connectivity index (χ0) is 14.1. The number of benzene rings is 1. The lowest BCUT2D eigenvalue weighted by molar-refractivity contribution is 0.102. The van der Waals surface area contributed by atoms with E-state index >= 15 is 0 Å². The predicted octanol–water partition coefficient (Wildman–Crippen LogP) is 1.80. The van der Waals surface area contributed by atoms with Crippen LogP contribution in [0.1, 0.15) is 10.4 Å². The van der Waals surface area contributed by atoms with Gasteiger partial charge in [-0.15, -0.1) is 0 Å². The van der Waals surface area contributed by atoms with Crippen LogP contribution in [0.5, 0.6) is 0 Å². The van der Waals surface area contributed by atoms with Crippen molar-refractivity contribution in [2.45, 2.75) is 0 Å². The lowest BCUT2D eigenvalue weighted by atomic mass is 10.1. The van der Waals surface area contributed by atoms with Crippen molar-refractivity contribution in [1.82, 2.24) is 14.8 Å². The average molecular weight is 267 g/mol. The summed E-state index contributed by atoms with van der Waals surface area (Å²) in [6.45, 7) is 0. The number of hydrogen-bond acceptors (Lipinski definition) is 4. The molecule has 6 nitrogen and oxygen atoms in total. The molecule has 1 amide bonds. The number of pyridine rings is 1. The molecule has 0 radical (unpaired) electrons. The summed E-state index contributed by atoms with van der Waals surface area (Å²) >= 11 is 0. The van der Waals surface area contributed by atoms with Crippen LogP contribution < -0.4 is 11.1 Å². The van der Waals surface area contributed by atoms with E-state index in [0.717, 1.165) is 10.8 Å². The van der Waals surface area contributed by atoms with Gasteiger partial charge in [0.05, 0.1) is 17.4 Å².